The molecular weight excluding hydrogens is 312 g/mol. The summed E-state index contributed by atoms with van der Waals surface area (Å²) in [5.41, 5.74) is 0.917. The first-order chi connectivity index (χ1) is 11.8. The predicted octanol–water partition coefficient (Wildman–Crippen LogP) is 3.37. The summed E-state index contributed by atoms with van der Waals surface area (Å²) in [4.78, 5) is 14.9. The molecule has 2 bridgehead atoms. The zero-order valence-corrected chi connectivity index (χ0v) is 16.7. The molecule has 0 aliphatic carbocycles. The second-order valence-corrected chi connectivity index (χ2v) is 8.88. The Morgan fingerprint density at radius 1 is 1.16 bits per heavy atom. The number of rotatable bonds is 4. The van der Waals surface area contributed by atoms with E-state index in [0.717, 1.165) is 36.5 Å². The number of ether oxygens (including phenoxy) is 1. The molecule has 3 rings (SSSR count). The molecular formula is C20H34N4O. The minimum atomic E-state index is -0.0622. The fraction of sp³-hybridized carbons (Fsp3) is 0.800. The molecule has 0 amide bonds. The van der Waals surface area contributed by atoms with Crippen LogP contribution in [-0.4, -0.2) is 53.2 Å². The third-order valence-electron chi connectivity index (χ3n) is 5.49. The van der Waals surface area contributed by atoms with Gasteiger partial charge in [0.25, 0.3) is 0 Å². The van der Waals surface area contributed by atoms with Gasteiger partial charge in [0.1, 0.15) is 11.6 Å². The average Bonchev–Trinajstić information content (AvgIpc) is 2.81. The Labute approximate surface area is 152 Å². The quantitative estimate of drug-likeness (QED) is 0.836. The van der Waals surface area contributed by atoms with Crippen LogP contribution < -0.4 is 4.90 Å². The van der Waals surface area contributed by atoms with Gasteiger partial charge in [0.15, 0.2) is 0 Å². The van der Waals surface area contributed by atoms with Gasteiger partial charge in [-0.25, -0.2) is 9.97 Å². The first kappa shape index (κ1) is 18.6. The molecule has 0 N–H and O–H groups in total. The summed E-state index contributed by atoms with van der Waals surface area (Å²) in [6.07, 6.45) is 3.88. The van der Waals surface area contributed by atoms with E-state index in [1.165, 1.54) is 19.3 Å². The largest absolute Gasteiger partial charge is 0.378 e. The Kier molecular flexibility index (Phi) is 5.35. The van der Waals surface area contributed by atoms with Gasteiger partial charge in [0, 0.05) is 49.8 Å². The summed E-state index contributed by atoms with van der Waals surface area (Å²) in [5.74, 6) is 1.98. The van der Waals surface area contributed by atoms with Crippen LogP contribution in [0.25, 0.3) is 0 Å². The summed E-state index contributed by atoms with van der Waals surface area (Å²) < 4.78 is 5.34. The molecule has 0 aromatic carbocycles. The number of fused-ring (bicyclic) bond motifs is 2. The summed E-state index contributed by atoms with van der Waals surface area (Å²) >= 11 is 0. The van der Waals surface area contributed by atoms with Crippen LogP contribution in [0.1, 0.15) is 65.4 Å². The van der Waals surface area contributed by atoms with E-state index in [0.29, 0.717) is 18.7 Å². The minimum Gasteiger partial charge on any atom is -0.378 e. The van der Waals surface area contributed by atoms with E-state index in [2.05, 4.69) is 50.5 Å². The molecule has 0 saturated carbocycles. The summed E-state index contributed by atoms with van der Waals surface area (Å²) in [6.45, 7) is 13.9. The molecule has 0 radical (unpaired) electrons. The highest BCUT2D eigenvalue weighted by Gasteiger charge is 2.38. The maximum Gasteiger partial charge on any atom is 0.136 e. The molecule has 1 aromatic rings. The van der Waals surface area contributed by atoms with E-state index in [1.807, 2.05) is 0 Å². The van der Waals surface area contributed by atoms with Gasteiger partial charge in [-0.3, -0.25) is 4.90 Å². The van der Waals surface area contributed by atoms with Crippen molar-refractivity contribution in [1.29, 1.82) is 0 Å². The second-order valence-electron chi connectivity index (χ2n) is 8.88. The van der Waals surface area contributed by atoms with Crippen LogP contribution in [0.2, 0.25) is 0 Å². The lowest BCUT2D eigenvalue weighted by Crippen LogP contribution is -2.43. The minimum absolute atomic E-state index is 0.0622. The standard InChI is InChI=1S/C20H34N4O/c1-14(2)24-16-7-8-17(24)12-23(10-9-16)18-11-15(13-25-6)21-19(22-18)20(3,4)5/h11,14,16-17H,7-10,12-13H2,1-6H3. The van der Waals surface area contributed by atoms with Gasteiger partial charge in [-0.15, -0.1) is 0 Å². The number of hydrogen-bond donors (Lipinski definition) is 0. The zero-order valence-electron chi connectivity index (χ0n) is 16.7. The molecule has 140 valence electrons. The zero-order chi connectivity index (χ0) is 18.2. The Morgan fingerprint density at radius 3 is 2.52 bits per heavy atom. The van der Waals surface area contributed by atoms with Gasteiger partial charge in [0.05, 0.1) is 12.3 Å². The van der Waals surface area contributed by atoms with E-state index in [-0.39, 0.29) is 5.41 Å². The molecule has 2 fully saturated rings. The Morgan fingerprint density at radius 2 is 1.88 bits per heavy atom. The topological polar surface area (TPSA) is 41.5 Å². The first-order valence-electron chi connectivity index (χ1n) is 9.69. The molecule has 2 aliphatic heterocycles. The molecule has 5 nitrogen and oxygen atoms in total. The maximum atomic E-state index is 5.34. The molecule has 1 aromatic heterocycles. The van der Waals surface area contributed by atoms with Crippen LogP contribution in [0.5, 0.6) is 0 Å². The molecule has 5 heteroatoms. The number of methoxy groups -OCH3 is 1. The number of hydrogen-bond acceptors (Lipinski definition) is 5. The lowest BCUT2D eigenvalue weighted by Gasteiger charge is -2.32. The first-order valence-corrected chi connectivity index (χ1v) is 9.69. The van der Waals surface area contributed by atoms with Crippen molar-refractivity contribution in [3.05, 3.63) is 17.6 Å². The van der Waals surface area contributed by atoms with Crippen LogP contribution in [0, 0.1) is 0 Å². The molecule has 2 aliphatic rings. The highest BCUT2D eigenvalue weighted by molar-refractivity contribution is 5.41. The van der Waals surface area contributed by atoms with Gasteiger partial charge in [-0.05, 0) is 33.1 Å². The Balaban J connectivity index is 1.89. The van der Waals surface area contributed by atoms with Gasteiger partial charge in [-0.1, -0.05) is 20.8 Å². The fourth-order valence-corrected chi connectivity index (χ4v) is 4.36. The second kappa shape index (κ2) is 7.20. The smallest absolute Gasteiger partial charge is 0.136 e. The van der Waals surface area contributed by atoms with Crippen molar-refractivity contribution in [2.24, 2.45) is 0 Å². The monoisotopic (exact) mass is 346 g/mol. The van der Waals surface area contributed by atoms with E-state index in [9.17, 15) is 0 Å². The van der Waals surface area contributed by atoms with Crippen molar-refractivity contribution < 1.29 is 4.74 Å². The highest BCUT2D eigenvalue weighted by Crippen LogP contribution is 2.33. The van der Waals surface area contributed by atoms with Crippen LogP contribution in [0.4, 0.5) is 5.82 Å². The lowest BCUT2D eigenvalue weighted by molar-refractivity contribution is 0.158. The molecule has 25 heavy (non-hydrogen) atoms. The molecule has 2 atom stereocenters. The van der Waals surface area contributed by atoms with Crippen LogP contribution in [0.15, 0.2) is 6.07 Å². The van der Waals surface area contributed by atoms with Crippen LogP contribution in [0.3, 0.4) is 0 Å². The normalized spacial score (nSPS) is 24.8. The van der Waals surface area contributed by atoms with Crippen molar-refractivity contribution in [2.75, 3.05) is 25.1 Å². The highest BCUT2D eigenvalue weighted by atomic mass is 16.5. The molecule has 2 saturated heterocycles. The maximum absolute atomic E-state index is 5.34. The van der Waals surface area contributed by atoms with Crippen molar-refractivity contribution >= 4 is 5.82 Å². The van der Waals surface area contributed by atoms with Gasteiger partial charge in [-0.2, -0.15) is 0 Å². The predicted molar refractivity (Wildman–Crippen MR) is 102 cm³/mol. The van der Waals surface area contributed by atoms with Crippen LogP contribution >= 0.6 is 0 Å². The van der Waals surface area contributed by atoms with E-state index >= 15 is 0 Å². The van der Waals surface area contributed by atoms with E-state index in [4.69, 9.17) is 14.7 Å². The summed E-state index contributed by atoms with van der Waals surface area (Å²) in [5, 5.41) is 0. The van der Waals surface area contributed by atoms with Crippen molar-refractivity contribution in [3.63, 3.8) is 0 Å². The fourth-order valence-electron chi connectivity index (χ4n) is 4.36. The number of aromatic nitrogens is 2. The third kappa shape index (κ3) is 3.98. The summed E-state index contributed by atoms with van der Waals surface area (Å²) in [7, 11) is 1.73. The van der Waals surface area contributed by atoms with E-state index in [1.54, 1.807) is 7.11 Å². The van der Waals surface area contributed by atoms with Crippen molar-refractivity contribution in [2.45, 2.75) is 84.0 Å². The molecule has 3 heterocycles. The van der Waals surface area contributed by atoms with E-state index < -0.39 is 0 Å². The van der Waals surface area contributed by atoms with Crippen LogP contribution in [-0.2, 0) is 16.8 Å². The Hall–Kier alpha value is -1.20. The number of nitrogens with zero attached hydrogens (tertiary/aromatic N) is 4. The van der Waals surface area contributed by atoms with Crippen molar-refractivity contribution in [3.8, 4) is 0 Å². The molecule has 2 unspecified atom stereocenters. The van der Waals surface area contributed by atoms with Gasteiger partial charge >= 0.3 is 0 Å². The SMILES string of the molecule is COCc1cc(N2CCC3CCC(C2)N3C(C)C)nc(C(C)(C)C)n1. The average molecular weight is 347 g/mol. The van der Waals surface area contributed by atoms with Crippen molar-refractivity contribution in [1.82, 2.24) is 14.9 Å². The number of anilines is 1. The molecule has 0 spiro atoms. The lowest BCUT2D eigenvalue weighted by atomic mass is 9.95. The summed E-state index contributed by atoms with van der Waals surface area (Å²) in [6, 6.07) is 4.12. The van der Waals surface area contributed by atoms with Gasteiger partial charge < -0.3 is 9.64 Å². The third-order valence-corrected chi connectivity index (χ3v) is 5.49. The van der Waals surface area contributed by atoms with Gasteiger partial charge in [0.2, 0.25) is 0 Å². The Bertz CT molecular complexity index is 596.